The lowest BCUT2D eigenvalue weighted by molar-refractivity contribution is 0.0697. The van der Waals surface area contributed by atoms with Crippen molar-refractivity contribution in [2.45, 2.75) is 26.2 Å². The van der Waals surface area contributed by atoms with Crippen LogP contribution in [-0.4, -0.2) is 29.1 Å². The van der Waals surface area contributed by atoms with E-state index in [9.17, 15) is 4.79 Å². The summed E-state index contributed by atoms with van der Waals surface area (Å²) in [7, 11) is 0. The van der Waals surface area contributed by atoms with Crippen molar-refractivity contribution >= 4 is 11.8 Å². The van der Waals surface area contributed by atoms with E-state index in [1.54, 1.807) is 18.3 Å². The number of aromatic nitrogens is 1. The molecule has 4 heteroatoms. The van der Waals surface area contributed by atoms with Crippen LogP contribution in [0.25, 0.3) is 0 Å². The van der Waals surface area contributed by atoms with Crippen LogP contribution in [0.4, 0.5) is 5.82 Å². The van der Waals surface area contributed by atoms with Gasteiger partial charge in [-0.3, -0.25) is 0 Å². The number of hydrogen-bond acceptors (Lipinski definition) is 3. The third kappa shape index (κ3) is 2.96. The summed E-state index contributed by atoms with van der Waals surface area (Å²) in [5, 5.41) is 9.17. The molecule has 92 valence electrons. The Morgan fingerprint density at radius 3 is 2.94 bits per heavy atom. The lowest BCUT2D eigenvalue weighted by atomic mass is 10.2. The van der Waals surface area contributed by atoms with Gasteiger partial charge in [0.15, 0.2) is 0 Å². The first kappa shape index (κ1) is 11.9. The van der Waals surface area contributed by atoms with Crippen LogP contribution in [0.1, 0.15) is 36.5 Å². The predicted molar refractivity (Wildman–Crippen MR) is 66.4 cm³/mol. The molecule has 1 aliphatic rings. The molecule has 1 N–H and O–H groups in total. The van der Waals surface area contributed by atoms with Gasteiger partial charge in [-0.15, -0.1) is 0 Å². The van der Waals surface area contributed by atoms with Crippen LogP contribution in [0, 0.1) is 5.92 Å². The van der Waals surface area contributed by atoms with Crippen molar-refractivity contribution in [3.05, 3.63) is 23.9 Å². The molecule has 0 amide bonds. The van der Waals surface area contributed by atoms with Crippen molar-refractivity contribution in [2.75, 3.05) is 18.0 Å². The molecule has 0 bridgehead atoms. The van der Waals surface area contributed by atoms with Gasteiger partial charge in [0.1, 0.15) is 11.4 Å². The molecule has 0 aromatic carbocycles. The van der Waals surface area contributed by atoms with Crippen molar-refractivity contribution in [3.63, 3.8) is 0 Å². The van der Waals surface area contributed by atoms with Gasteiger partial charge >= 0.3 is 5.97 Å². The topological polar surface area (TPSA) is 53.4 Å². The third-order valence-electron chi connectivity index (χ3n) is 2.99. The molecular formula is C13H18N2O2. The first-order chi connectivity index (χ1) is 8.22. The Labute approximate surface area is 101 Å². The second-order valence-corrected chi connectivity index (χ2v) is 4.57. The molecule has 1 aromatic heterocycles. The Balaban J connectivity index is 2.23. The molecular weight excluding hydrogens is 216 g/mol. The van der Waals surface area contributed by atoms with Crippen LogP contribution >= 0.6 is 0 Å². The highest BCUT2D eigenvalue weighted by Crippen LogP contribution is 2.31. The molecule has 1 aliphatic carbocycles. The molecule has 17 heavy (non-hydrogen) atoms. The molecule has 0 radical (unpaired) electrons. The maximum Gasteiger partial charge on any atom is 0.339 e. The van der Waals surface area contributed by atoms with Crippen molar-refractivity contribution in [3.8, 4) is 0 Å². The number of nitrogens with zero attached hydrogens (tertiary/aromatic N) is 2. The van der Waals surface area contributed by atoms with Crippen molar-refractivity contribution in [2.24, 2.45) is 5.92 Å². The number of hydrogen-bond donors (Lipinski definition) is 1. The molecule has 2 rings (SSSR count). The van der Waals surface area contributed by atoms with Crippen LogP contribution in [0.2, 0.25) is 0 Å². The summed E-state index contributed by atoms with van der Waals surface area (Å²) in [6.07, 6.45) is 5.19. The first-order valence-electron chi connectivity index (χ1n) is 6.15. The molecule has 1 heterocycles. The number of pyridine rings is 1. The van der Waals surface area contributed by atoms with E-state index in [1.165, 1.54) is 12.8 Å². The second kappa shape index (κ2) is 5.17. The van der Waals surface area contributed by atoms with Gasteiger partial charge in [0.2, 0.25) is 0 Å². The van der Waals surface area contributed by atoms with Crippen LogP contribution in [0.3, 0.4) is 0 Å². The fourth-order valence-corrected chi connectivity index (χ4v) is 1.98. The van der Waals surface area contributed by atoms with Gasteiger partial charge in [0.25, 0.3) is 0 Å². The summed E-state index contributed by atoms with van der Waals surface area (Å²) in [6, 6.07) is 3.30. The van der Waals surface area contributed by atoms with E-state index in [4.69, 9.17) is 5.11 Å². The zero-order valence-electron chi connectivity index (χ0n) is 10.1. The average molecular weight is 234 g/mol. The maximum atomic E-state index is 11.2. The third-order valence-corrected chi connectivity index (χ3v) is 2.99. The summed E-state index contributed by atoms with van der Waals surface area (Å²) in [5.74, 6) is 0.448. The minimum Gasteiger partial charge on any atom is -0.478 e. The summed E-state index contributed by atoms with van der Waals surface area (Å²) in [5.41, 5.74) is 0.307. The highest BCUT2D eigenvalue weighted by atomic mass is 16.4. The summed E-state index contributed by atoms with van der Waals surface area (Å²) < 4.78 is 0. The molecule has 0 spiro atoms. The first-order valence-corrected chi connectivity index (χ1v) is 6.15. The molecule has 1 saturated carbocycles. The largest absolute Gasteiger partial charge is 0.478 e. The monoisotopic (exact) mass is 234 g/mol. The number of anilines is 1. The van der Waals surface area contributed by atoms with Gasteiger partial charge in [0.05, 0.1) is 0 Å². The van der Waals surface area contributed by atoms with Crippen molar-refractivity contribution in [1.82, 2.24) is 4.98 Å². The Kier molecular flexibility index (Phi) is 3.61. The number of carbonyl (C=O) groups is 1. The SMILES string of the molecule is CCCN(CC1CC1)c1ncccc1C(=O)O. The maximum absolute atomic E-state index is 11.2. The highest BCUT2D eigenvalue weighted by molar-refractivity contribution is 5.93. The van der Waals surface area contributed by atoms with Crippen molar-refractivity contribution in [1.29, 1.82) is 0 Å². The standard InChI is InChI=1S/C13H18N2O2/c1-2-8-15(9-10-5-6-10)12-11(13(16)17)4-3-7-14-12/h3-4,7,10H,2,5-6,8-9H2,1H3,(H,16,17). The number of aromatic carboxylic acids is 1. The number of carboxylic acid groups (broad SMARTS) is 1. The molecule has 0 aliphatic heterocycles. The van der Waals surface area contributed by atoms with Gasteiger partial charge in [0, 0.05) is 19.3 Å². The van der Waals surface area contributed by atoms with E-state index >= 15 is 0 Å². The van der Waals surface area contributed by atoms with E-state index in [0.717, 1.165) is 25.4 Å². The molecule has 1 fully saturated rings. The lowest BCUT2D eigenvalue weighted by Crippen LogP contribution is -2.29. The Bertz CT molecular complexity index is 402. The minimum absolute atomic E-state index is 0.307. The van der Waals surface area contributed by atoms with Crippen molar-refractivity contribution < 1.29 is 9.90 Å². The van der Waals surface area contributed by atoms with Crippen LogP contribution in [-0.2, 0) is 0 Å². The normalized spacial score (nSPS) is 14.6. The Morgan fingerprint density at radius 2 is 2.35 bits per heavy atom. The van der Waals surface area contributed by atoms with Crippen LogP contribution < -0.4 is 4.90 Å². The zero-order valence-corrected chi connectivity index (χ0v) is 10.1. The van der Waals surface area contributed by atoms with Gasteiger partial charge < -0.3 is 10.0 Å². The fourth-order valence-electron chi connectivity index (χ4n) is 1.98. The Morgan fingerprint density at radius 1 is 1.59 bits per heavy atom. The van der Waals surface area contributed by atoms with E-state index in [2.05, 4.69) is 16.8 Å². The van der Waals surface area contributed by atoms with Gasteiger partial charge in [-0.05, 0) is 37.3 Å². The van der Waals surface area contributed by atoms with E-state index in [1.807, 2.05) is 0 Å². The smallest absolute Gasteiger partial charge is 0.339 e. The van der Waals surface area contributed by atoms with Crippen LogP contribution in [0.5, 0.6) is 0 Å². The quantitative estimate of drug-likeness (QED) is 0.821. The Hall–Kier alpha value is -1.58. The lowest BCUT2D eigenvalue weighted by Gasteiger charge is -2.24. The second-order valence-electron chi connectivity index (χ2n) is 4.57. The average Bonchev–Trinajstić information content (AvgIpc) is 3.12. The number of rotatable bonds is 6. The highest BCUT2D eigenvalue weighted by Gasteiger charge is 2.26. The van der Waals surface area contributed by atoms with Gasteiger partial charge in [-0.1, -0.05) is 6.92 Å². The number of carboxylic acids is 1. The van der Waals surface area contributed by atoms with Crippen LogP contribution in [0.15, 0.2) is 18.3 Å². The summed E-state index contributed by atoms with van der Waals surface area (Å²) >= 11 is 0. The van der Waals surface area contributed by atoms with Gasteiger partial charge in [-0.25, -0.2) is 9.78 Å². The fraction of sp³-hybridized carbons (Fsp3) is 0.538. The molecule has 0 saturated heterocycles. The predicted octanol–water partition coefficient (Wildman–Crippen LogP) is 2.41. The zero-order chi connectivity index (χ0) is 12.3. The molecule has 0 atom stereocenters. The minimum atomic E-state index is -0.898. The van der Waals surface area contributed by atoms with E-state index in [0.29, 0.717) is 11.4 Å². The van der Waals surface area contributed by atoms with E-state index < -0.39 is 5.97 Å². The molecule has 0 unspecified atom stereocenters. The van der Waals surface area contributed by atoms with E-state index in [-0.39, 0.29) is 0 Å². The van der Waals surface area contributed by atoms with Gasteiger partial charge in [-0.2, -0.15) is 0 Å². The molecule has 1 aromatic rings. The summed E-state index contributed by atoms with van der Waals surface area (Å²) in [6.45, 7) is 3.90. The summed E-state index contributed by atoms with van der Waals surface area (Å²) in [4.78, 5) is 17.5. The molecule has 4 nitrogen and oxygen atoms in total.